The number of aromatic nitrogens is 2. The van der Waals surface area contributed by atoms with Crippen molar-refractivity contribution in [2.24, 2.45) is 5.73 Å². The van der Waals surface area contributed by atoms with Crippen LogP contribution in [0.3, 0.4) is 0 Å². The van der Waals surface area contributed by atoms with Gasteiger partial charge >= 0.3 is 5.69 Å². The fourth-order valence-electron chi connectivity index (χ4n) is 1.66. The standard InChI is InChI=1S/C10H14N4O3S/c1-14(18(16,17)5-4-11)7-2-3-8-9(6-7)13-10(15)12-8/h2-3,6H,4-5,11H2,1H3,(H2,12,13,15). The molecule has 0 amide bonds. The van der Waals surface area contributed by atoms with Gasteiger partial charge in [0, 0.05) is 13.6 Å². The van der Waals surface area contributed by atoms with Gasteiger partial charge in [0.2, 0.25) is 10.0 Å². The largest absolute Gasteiger partial charge is 0.329 e. The molecule has 1 heterocycles. The topological polar surface area (TPSA) is 112 Å². The van der Waals surface area contributed by atoms with E-state index in [0.717, 1.165) is 4.31 Å². The Morgan fingerprint density at radius 1 is 1.28 bits per heavy atom. The molecule has 0 spiro atoms. The van der Waals surface area contributed by atoms with Gasteiger partial charge in [-0.3, -0.25) is 4.31 Å². The highest BCUT2D eigenvalue weighted by Gasteiger charge is 2.17. The number of sulfonamides is 1. The Morgan fingerprint density at radius 2 is 1.94 bits per heavy atom. The first-order valence-electron chi connectivity index (χ1n) is 5.33. The molecule has 1 aromatic carbocycles. The second kappa shape index (κ2) is 4.46. The van der Waals surface area contributed by atoms with E-state index in [1.165, 1.54) is 7.05 Å². The number of hydrogen-bond donors (Lipinski definition) is 3. The summed E-state index contributed by atoms with van der Waals surface area (Å²) in [6, 6.07) is 4.87. The average molecular weight is 270 g/mol. The van der Waals surface area contributed by atoms with Crippen LogP contribution in [-0.4, -0.2) is 37.7 Å². The summed E-state index contributed by atoms with van der Waals surface area (Å²) in [6.45, 7) is 0.0654. The molecule has 4 N–H and O–H groups in total. The molecular weight excluding hydrogens is 256 g/mol. The van der Waals surface area contributed by atoms with Gasteiger partial charge in [0.15, 0.2) is 0 Å². The van der Waals surface area contributed by atoms with Crippen LogP contribution in [0.15, 0.2) is 23.0 Å². The first-order valence-corrected chi connectivity index (χ1v) is 6.93. The van der Waals surface area contributed by atoms with Crippen LogP contribution >= 0.6 is 0 Å². The van der Waals surface area contributed by atoms with Crippen molar-refractivity contribution in [1.29, 1.82) is 0 Å². The van der Waals surface area contributed by atoms with Crippen LogP contribution in [0.25, 0.3) is 11.0 Å². The molecule has 7 nitrogen and oxygen atoms in total. The van der Waals surface area contributed by atoms with Crippen LogP contribution < -0.4 is 15.7 Å². The van der Waals surface area contributed by atoms with Crippen LogP contribution in [0, 0.1) is 0 Å². The van der Waals surface area contributed by atoms with Crippen LogP contribution in [0.4, 0.5) is 5.69 Å². The normalized spacial score (nSPS) is 11.9. The molecular formula is C10H14N4O3S. The van der Waals surface area contributed by atoms with Crippen molar-refractivity contribution >= 4 is 26.7 Å². The molecule has 0 unspecified atom stereocenters. The first-order chi connectivity index (χ1) is 8.44. The molecule has 98 valence electrons. The van der Waals surface area contributed by atoms with Gasteiger partial charge in [-0.15, -0.1) is 0 Å². The molecule has 18 heavy (non-hydrogen) atoms. The number of nitrogens with one attached hydrogen (secondary N) is 2. The van der Waals surface area contributed by atoms with Gasteiger partial charge in [-0.05, 0) is 18.2 Å². The van der Waals surface area contributed by atoms with E-state index < -0.39 is 10.0 Å². The molecule has 0 atom stereocenters. The second-order valence-corrected chi connectivity index (χ2v) is 6.00. The molecule has 8 heteroatoms. The Balaban J connectivity index is 2.45. The maximum Gasteiger partial charge on any atom is 0.323 e. The number of rotatable bonds is 4. The van der Waals surface area contributed by atoms with E-state index >= 15 is 0 Å². The number of nitrogens with two attached hydrogens (primary N) is 1. The van der Waals surface area contributed by atoms with Gasteiger partial charge in [-0.1, -0.05) is 0 Å². The molecule has 0 aliphatic carbocycles. The predicted octanol–water partition coefficient (Wildman–Crippen LogP) is -0.419. The van der Waals surface area contributed by atoms with Crippen molar-refractivity contribution in [1.82, 2.24) is 9.97 Å². The van der Waals surface area contributed by atoms with E-state index in [-0.39, 0.29) is 18.0 Å². The van der Waals surface area contributed by atoms with Crippen molar-refractivity contribution < 1.29 is 8.42 Å². The second-order valence-electron chi connectivity index (χ2n) is 3.88. The van der Waals surface area contributed by atoms with Crippen LogP contribution in [-0.2, 0) is 10.0 Å². The molecule has 0 radical (unpaired) electrons. The van der Waals surface area contributed by atoms with Crippen molar-refractivity contribution in [3.05, 3.63) is 28.7 Å². The van der Waals surface area contributed by atoms with Crippen molar-refractivity contribution in [3.8, 4) is 0 Å². The minimum Gasteiger partial charge on any atom is -0.329 e. The predicted molar refractivity (Wildman–Crippen MR) is 70.2 cm³/mol. The maximum absolute atomic E-state index is 11.8. The lowest BCUT2D eigenvalue weighted by Gasteiger charge is -2.18. The smallest absolute Gasteiger partial charge is 0.323 e. The SMILES string of the molecule is CN(c1ccc2[nH]c(=O)[nH]c2c1)S(=O)(=O)CCN. The fraction of sp³-hybridized carbons (Fsp3) is 0.300. The van der Waals surface area contributed by atoms with E-state index in [0.29, 0.717) is 16.7 Å². The Bertz CT molecular complexity index is 716. The van der Waals surface area contributed by atoms with Gasteiger partial charge in [0.25, 0.3) is 0 Å². The Kier molecular flexibility index (Phi) is 3.14. The van der Waals surface area contributed by atoms with E-state index in [2.05, 4.69) is 9.97 Å². The van der Waals surface area contributed by atoms with Crippen molar-refractivity contribution in [3.63, 3.8) is 0 Å². The van der Waals surface area contributed by atoms with E-state index in [1.807, 2.05) is 0 Å². The lowest BCUT2D eigenvalue weighted by Crippen LogP contribution is -2.31. The zero-order valence-corrected chi connectivity index (χ0v) is 10.6. The van der Waals surface area contributed by atoms with Crippen LogP contribution in [0.1, 0.15) is 0 Å². The summed E-state index contributed by atoms with van der Waals surface area (Å²) in [5.74, 6) is -0.120. The first kappa shape index (κ1) is 12.7. The Morgan fingerprint density at radius 3 is 2.61 bits per heavy atom. The number of aromatic amines is 2. The number of H-pyrrole nitrogens is 2. The summed E-state index contributed by atoms with van der Waals surface area (Å²) in [7, 11) is -1.96. The average Bonchev–Trinajstić information content (AvgIpc) is 2.66. The number of benzene rings is 1. The summed E-state index contributed by atoms with van der Waals surface area (Å²) < 4.78 is 24.8. The van der Waals surface area contributed by atoms with E-state index in [1.54, 1.807) is 18.2 Å². The lowest BCUT2D eigenvalue weighted by atomic mass is 10.3. The molecule has 0 bridgehead atoms. The fourth-order valence-corrected chi connectivity index (χ4v) is 2.67. The summed E-state index contributed by atoms with van der Waals surface area (Å²) in [6.07, 6.45) is 0. The molecule has 2 rings (SSSR count). The highest BCUT2D eigenvalue weighted by Crippen LogP contribution is 2.20. The maximum atomic E-state index is 11.8. The van der Waals surface area contributed by atoms with Crippen molar-refractivity contribution in [2.75, 3.05) is 23.7 Å². The van der Waals surface area contributed by atoms with Crippen LogP contribution in [0.2, 0.25) is 0 Å². The summed E-state index contributed by atoms with van der Waals surface area (Å²) >= 11 is 0. The third kappa shape index (κ3) is 2.24. The minimum atomic E-state index is -3.42. The number of imidazole rings is 1. The molecule has 0 saturated heterocycles. The molecule has 2 aromatic rings. The molecule has 0 aliphatic rings. The van der Waals surface area contributed by atoms with Crippen LogP contribution in [0.5, 0.6) is 0 Å². The van der Waals surface area contributed by atoms with Crippen molar-refractivity contribution in [2.45, 2.75) is 0 Å². The third-order valence-electron chi connectivity index (χ3n) is 2.66. The molecule has 1 aromatic heterocycles. The number of nitrogens with zero attached hydrogens (tertiary/aromatic N) is 1. The molecule has 0 fully saturated rings. The minimum absolute atomic E-state index is 0.0654. The summed E-state index contributed by atoms with van der Waals surface area (Å²) in [4.78, 5) is 16.3. The van der Waals surface area contributed by atoms with E-state index in [4.69, 9.17) is 5.73 Å². The van der Waals surface area contributed by atoms with Gasteiger partial charge in [-0.2, -0.15) is 0 Å². The van der Waals surface area contributed by atoms with Gasteiger partial charge in [0.05, 0.1) is 22.5 Å². The van der Waals surface area contributed by atoms with Gasteiger partial charge in [-0.25, -0.2) is 13.2 Å². The number of fused-ring (bicyclic) bond motifs is 1. The van der Waals surface area contributed by atoms with Gasteiger partial charge in [0.1, 0.15) is 0 Å². The monoisotopic (exact) mass is 270 g/mol. The quantitative estimate of drug-likeness (QED) is 0.700. The summed E-state index contributed by atoms with van der Waals surface area (Å²) in [5, 5.41) is 0. The Hall–Kier alpha value is -1.80. The highest BCUT2D eigenvalue weighted by molar-refractivity contribution is 7.92. The molecule has 0 aliphatic heterocycles. The van der Waals surface area contributed by atoms with E-state index in [9.17, 15) is 13.2 Å². The third-order valence-corrected chi connectivity index (χ3v) is 4.45. The zero-order chi connectivity index (χ0) is 13.3. The molecule has 0 saturated carbocycles. The van der Waals surface area contributed by atoms with Gasteiger partial charge < -0.3 is 15.7 Å². The number of hydrogen-bond acceptors (Lipinski definition) is 4. The zero-order valence-electron chi connectivity index (χ0n) is 9.80. The highest BCUT2D eigenvalue weighted by atomic mass is 32.2. The lowest BCUT2D eigenvalue weighted by molar-refractivity contribution is 0.594. The summed E-state index contributed by atoms with van der Waals surface area (Å²) in [5.41, 5.74) is 6.61. The Labute approximate surface area is 104 Å². The number of anilines is 1.